The Morgan fingerprint density at radius 2 is 1.64 bits per heavy atom. The molecule has 0 fully saturated rings. The van der Waals surface area contributed by atoms with Gasteiger partial charge >= 0.3 is 0 Å². The number of rotatable bonds is 5. The second kappa shape index (κ2) is 8.66. The highest BCUT2D eigenvalue weighted by Gasteiger charge is 2.26. The lowest BCUT2D eigenvalue weighted by Crippen LogP contribution is -2.34. The van der Waals surface area contributed by atoms with E-state index in [0.717, 1.165) is 4.90 Å². The number of methoxy groups -OCH3 is 2. The third-order valence-electron chi connectivity index (χ3n) is 5.40. The third kappa shape index (κ3) is 3.87. The summed E-state index contributed by atoms with van der Waals surface area (Å²) in [5.74, 6) is -0.703. The fourth-order valence-corrected chi connectivity index (χ4v) is 3.63. The van der Waals surface area contributed by atoms with Crippen LogP contribution in [0.3, 0.4) is 0 Å². The molecule has 0 bridgehead atoms. The third-order valence-corrected chi connectivity index (χ3v) is 5.40. The number of hydrogen-bond acceptors (Lipinski definition) is 5. The minimum atomic E-state index is -0.775. The van der Waals surface area contributed by atoms with Gasteiger partial charge < -0.3 is 19.5 Å². The SMILES string of the molecule is COc1ccc(-n2c(=O)c(C(=O)N(C)c3cccc(F)c3)c(O)c3ccc(OC)cc32)cc1. The van der Waals surface area contributed by atoms with Gasteiger partial charge in [0.1, 0.15) is 28.6 Å². The molecule has 0 spiro atoms. The fourth-order valence-electron chi connectivity index (χ4n) is 3.63. The van der Waals surface area contributed by atoms with E-state index in [4.69, 9.17) is 9.47 Å². The lowest BCUT2D eigenvalue weighted by Gasteiger charge is -2.20. The van der Waals surface area contributed by atoms with Crippen LogP contribution in [0.4, 0.5) is 10.1 Å². The van der Waals surface area contributed by atoms with E-state index in [1.54, 1.807) is 42.5 Å². The van der Waals surface area contributed by atoms with Crippen molar-refractivity contribution in [1.29, 1.82) is 0 Å². The summed E-state index contributed by atoms with van der Waals surface area (Å²) in [6, 6.07) is 16.9. The number of carbonyl (C=O) groups is 1. The maximum atomic E-state index is 13.7. The van der Waals surface area contributed by atoms with E-state index in [1.807, 2.05) is 0 Å². The molecule has 0 aliphatic rings. The van der Waals surface area contributed by atoms with E-state index in [9.17, 15) is 19.1 Å². The number of amides is 1. The number of halogens is 1. The molecule has 0 atom stereocenters. The number of aromatic nitrogens is 1. The quantitative estimate of drug-likeness (QED) is 0.497. The standard InChI is InChI=1S/C25H21FN2O5/c1-27(17-6-4-5-15(26)13-17)24(30)22-23(29)20-12-11-19(33-3)14-21(20)28(25(22)31)16-7-9-18(32-2)10-8-16/h4-14,29H,1-3H3. The van der Waals surface area contributed by atoms with Crippen LogP contribution in [0.5, 0.6) is 17.2 Å². The van der Waals surface area contributed by atoms with Crippen molar-refractivity contribution in [1.82, 2.24) is 4.57 Å². The van der Waals surface area contributed by atoms with Gasteiger partial charge in [-0.15, -0.1) is 0 Å². The van der Waals surface area contributed by atoms with Crippen LogP contribution >= 0.6 is 0 Å². The first kappa shape index (κ1) is 21.9. The van der Waals surface area contributed by atoms with Crippen molar-refractivity contribution in [3.63, 3.8) is 0 Å². The Morgan fingerprint density at radius 3 is 2.27 bits per heavy atom. The van der Waals surface area contributed by atoms with Crippen molar-refractivity contribution in [2.45, 2.75) is 0 Å². The molecule has 7 nitrogen and oxygen atoms in total. The molecule has 4 rings (SSSR count). The molecule has 0 radical (unpaired) electrons. The molecular weight excluding hydrogens is 427 g/mol. The predicted octanol–water partition coefficient (Wildman–Crippen LogP) is 4.13. The molecule has 0 saturated heterocycles. The smallest absolute Gasteiger partial charge is 0.272 e. The molecule has 0 saturated carbocycles. The molecule has 3 aromatic carbocycles. The van der Waals surface area contributed by atoms with Gasteiger partial charge in [-0.25, -0.2) is 4.39 Å². The Hall–Kier alpha value is -4.33. The largest absolute Gasteiger partial charge is 0.506 e. The molecule has 0 aliphatic carbocycles. The van der Waals surface area contributed by atoms with E-state index in [1.165, 1.54) is 50.1 Å². The molecule has 8 heteroatoms. The summed E-state index contributed by atoms with van der Waals surface area (Å²) in [5.41, 5.74) is -0.111. The van der Waals surface area contributed by atoms with Crippen LogP contribution in [-0.2, 0) is 0 Å². The number of nitrogens with zero attached hydrogens (tertiary/aromatic N) is 2. The summed E-state index contributed by atoms with van der Waals surface area (Å²) in [6.07, 6.45) is 0. The molecule has 0 unspecified atom stereocenters. The molecule has 168 valence electrons. The van der Waals surface area contributed by atoms with Gasteiger partial charge in [0.15, 0.2) is 0 Å². The highest BCUT2D eigenvalue weighted by atomic mass is 19.1. The van der Waals surface area contributed by atoms with Gasteiger partial charge in [-0.1, -0.05) is 6.07 Å². The molecule has 1 heterocycles. The monoisotopic (exact) mass is 448 g/mol. The van der Waals surface area contributed by atoms with Crippen LogP contribution in [0.1, 0.15) is 10.4 Å². The van der Waals surface area contributed by atoms with Crippen LogP contribution in [0, 0.1) is 5.82 Å². The first-order chi connectivity index (χ1) is 15.8. The molecule has 33 heavy (non-hydrogen) atoms. The molecule has 1 amide bonds. The summed E-state index contributed by atoms with van der Waals surface area (Å²) in [7, 11) is 4.43. The number of carbonyl (C=O) groups excluding carboxylic acids is 1. The lowest BCUT2D eigenvalue weighted by molar-refractivity contribution is 0.0989. The maximum Gasteiger partial charge on any atom is 0.272 e. The average Bonchev–Trinajstić information content (AvgIpc) is 2.83. The Labute approximate surface area is 188 Å². The zero-order valence-corrected chi connectivity index (χ0v) is 18.2. The normalized spacial score (nSPS) is 10.8. The van der Waals surface area contributed by atoms with Crippen LogP contribution in [0.15, 0.2) is 71.5 Å². The fraction of sp³-hybridized carbons (Fsp3) is 0.120. The van der Waals surface area contributed by atoms with E-state index in [-0.39, 0.29) is 11.1 Å². The average molecular weight is 448 g/mol. The van der Waals surface area contributed by atoms with Crippen LogP contribution in [-0.4, -0.2) is 36.8 Å². The van der Waals surface area contributed by atoms with Crippen molar-refractivity contribution in [2.24, 2.45) is 0 Å². The van der Waals surface area contributed by atoms with Crippen molar-refractivity contribution in [3.05, 3.63) is 88.5 Å². The van der Waals surface area contributed by atoms with E-state index >= 15 is 0 Å². The zero-order chi connectivity index (χ0) is 23.7. The molecule has 0 aliphatic heterocycles. The topological polar surface area (TPSA) is 81.0 Å². The minimum Gasteiger partial charge on any atom is -0.506 e. The number of pyridine rings is 1. The number of hydrogen-bond donors (Lipinski definition) is 1. The van der Waals surface area contributed by atoms with Gasteiger partial charge in [0.25, 0.3) is 11.5 Å². The first-order valence-electron chi connectivity index (χ1n) is 9.99. The van der Waals surface area contributed by atoms with Gasteiger partial charge in [-0.2, -0.15) is 0 Å². The second-order valence-corrected chi connectivity index (χ2v) is 7.29. The summed E-state index contributed by atoms with van der Waals surface area (Å²) in [6.45, 7) is 0. The predicted molar refractivity (Wildman–Crippen MR) is 123 cm³/mol. The second-order valence-electron chi connectivity index (χ2n) is 7.29. The number of anilines is 1. The Bertz CT molecular complexity index is 1410. The molecular formula is C25H21FN2O5. The van der Waals surface area contributed by atoms with E-state index in [0.29, 0.717) is 22.7 Å². The van der Waals surface area contributed by atoms with Crippen molar-refractivity contribution < 1.29 is 23.8 Å². The van der Waals surface area contributed by atoms with Crippen molar-refractivity contribution in [3.8, 4) is 22.9 Å². The van der Waals surface area contributed by atoms with Crippen molar-refractivity contribution >= 4 is 22.5 Å². The summed E-state index contributed by atoms with van der Waals surface area (Å²) in [4.78, 5) is 28.1. The zero-order valence-electron chi connectivity index (χ0n) is 18.2. The first-order valence-corrected chi connectivity index (χ1v) is 9.99. The highest BCUT2D eigenvalue weighted by molar-refractivity contribution is 6.10. The Morgan fingerprint density at radius 1 is 0.970 bits per heavy atom. The molecule has 1 aromatic heterocycles. The number of ether oxygens (including phenoxy) is 2. The Balaban J connectivity index is 1.99. The number of fused-ring (bicyclic) bond motifs is 1. The van der Waals surface area contributed by atoms with Gasteiger partial charge in [0.2, 0.25) is 0 Å². The summed E-state index contributed by atoms with van der Waals surface area (Å²) >= 11 is 0. The van der Waals surface area contributed by atoms with Gasteiger partial charge in [0.05, 0.1) is 19.7 Å². The van der Waals surface area contributed by atoms with Crippen molar-refractivity contribution in [2.75, 3.05) is 26.2 Å². The Kier molecular flexibility index (Phi) is 5.74. The molecule has 1 N–H and O–H groups in total. The number of benzene rings is 3. The number of aromatic hydroxyl groups is 1. The van der Waals surface area contributed by atoms with Crippen LogP contribution in [0.2, 0.25) is 0 Å². The van der Waals surface area contributed by atoms with E-state index < -0.39 is 28.6 Å². The van der Waals surface area contributed by atoms with Gasteiger partial charge in [-0.05, 0) is 54.6 Å². The molecule has 4 aromatic rings. The summed E-state index contributed by atoms with van der Waals surface area (Å²) in [5, 5.41) is 11.3. The van der Waals surface area contributed by atoms with Gasteiger partial charge in [-0.3, -0.25) is 14.2 Å². The summed E-state index contributed by atoms with van der Waals surface area (Å²) < 4.78 is 25.5. The minimum absolute atomic E-state index is 0.240. The van der Waals surface area contributed by atoms with Gasteiger partial charge in [0, 0.05) is 29.9 Å². The highest BCUT2D eigenvalue weighted by Crippen LogP contribution is 2.32. The van der Waals surface area contributed by atoms with E-state index in [2.05, 4.69) is 0 Å². The maximum absolute atomic E-state index is 13.7. The van der Waals surface area contributed by atoms with Crippen LogP contribution in [0.25, 0.3) is 16.6 Å². The lowest BCUT2D eigenvalue weighted by atomic mass is 10.1. The van der Waals surface area contributed by atoms with Crippen LogP contribution < -0.4 is 19.9 Å².